The molecule has 100 valence electrons. The molecule has 0 saturated carbocycles. The molecule has 2 N–H and O–H groups in total. The van der Waals surface area contributed by atoms with E-state index in [1.807, 2.05) is 55.4 Å². The summed E-state index contributed by atoms with van der Waals surface area (Å²) in [4.78, 5) is 19.0. The van der Waals surface area contributed by atoms with Gasteiger partial charge in [-0.3, -0.25) is 9.69 Å². The Kier molecular flexibility index (Phi) is 4.29. The van der Waals surface area contributed by atoms with Gasteiger partial charge in [0.05, 0.1) is 5.01 Å². The number of hydrogen-bond donors (Lipinski definition) is 1. The SMILES string of the molecule is Cc1ncc(CN(C)[C@@H](C(N)=O)c2ccccc2)s1. The number of carbonyl (C=O) groups is 1. The summed E-state index contributed by atoms with van der Waals surface area (Å²) in [5, 5.41) is 1.03. The fraction of sp³-hybridized carbons (Fsp3) is 0.286. The van der Waals surface area contributed by atoms with Crippen molar-refractivity contribution in [2.24, 2.45) is 5.73 Å². The van der Waals surface area contributed by atoms with Crippen LogP contribution in [0.5, 0.6) is 0 Å². The third kappa shape index (κ3) is 3.39. The van der Waals surface area contributed by atoms with Gasteiger partial charge in [0.2, 0.25) is 5.91 Å². The first-order chi connectivity index (χ1) is 9.08. The maximum atomic E-state index is 11.7. The summed E-state index contributed by atoms with van der Waals surface area (Å²) in [5.74, 6) is -0.338. The van der Waals surface area contributed by atoms with Crippen molar-refractivity contribution in [1.82, 2.24) is 9.88 Å². The van der Waals surface area contributed by atoms with E-state index in [0.717, 1.165) is 15.4 Å². The lowest BCUT2D eigenvalue weighted by Crippen LogP contribution is -2.34. The van der Waals surface area contributed by atoms with Crippen LogP contribution < -0.4 is 5.73 Å². The molecule has 2 aromatic rings. The molecule has 1 aromatic carbocycles. The van der Waals surface area contributed by atoms with Gasteiger partial charge in [-0.05, 0) is 19.5 Å². The van der Waals surface area contributed by atoms with E-state index in [9.17, 15) is 4.79 Å². The molecule has 0 unspecified atom stereocenters. The maximum absolute atomic E-state index is 11.7. The number of primary amides is 1. The molecule has 1 atom stereocenters. The Morgan fingerprint density at radius 1 is 1.42 bits per heavy atom. The lowest BCUT2D eigenvalue weighted by atomic mass is 10.1. The highest BCUT2D eigenvalue weighted by Crippen LogP contribution is 2.22. The Morgan fingerprint density at radius 3 is 2.63 bits per heavy atom. The standard InChI is InChI=1S/C14H17N3OS/c1-10-16-8-12(19-10)9-17(2)13(14(15)18)11-6-4-3-5-7-11/h3-8,13H,9H2,1-2H3,(H2,15,18)/t13-/m1/s1. The van der Waals surface area contributed by atoms with Gasteiger partial charge in [0.15, 0.2) is 0 Å². The Morgan fingerprint density at radius 2 is 2.11 bits per heavy atom. The first-order valence-electron chi connectivity index (χ1n) is 6.03. The predicted octanol–water partition coefficient (Wildman–Crippen LogP) is 2.11. The van der Waals surface area contributed by atoms with Crippen LogP contribution in [0.25, 0.3) is 0 Å². The Balaban J connectivity index is 2.18. The van der Waals surface area contributed by atoms with E-state index < -0.39 is 6.04 Å². The normalized spacial score (nSPS) is 12.6. The fourth-order valence-electron chi connectivity index (χ4n) is 2.09. The maximum Gasteiger partial charge on any atom is 0.239 e. The summed E-state index contributed by atoms with van der Waals surface area (Å²) in [6, 6.07) is 9.18. The van der Waals surface area contributed by atoms with Gasteiger partial charge in [-0.25, -0.2) is 4.98 Å². The number of thiazole rings is 1. The molecule has 0 fully saturated rings. The van der Waals surface area contributed by atoms with Crippen LogP contribution in [0.4, 0.5) is 0 Å². The number of amides is 1. The van der Waals surface area contributed by atoms with Crippen LogP contribution in [-0.2, 0) is 11.3 Å². The van der Waals surface area contributed by atoms with Crippen molar-refractivity contribution in [2.45, 2.75) is 19.5 Å². The van der Waals surface area contributed by atoms with Gasteiger partial charge in [-0.2, -0.15) is 0 Å². The quantitative estimate of drug-likeness (QED) is 0.909. The van der Waals surface area contributed by atoms with Crippen LogP contribution in [0.15, 0.2) is 36.5 Å². The molecule has 2 rings (SSSR count). The van der Waals surface area contributed by atoms with Gasteiger partial charge in [0.1, 0.15) is 6.04 Å². The van der Waals surface area contributed by atoms with Gasteiger partial charge >= 0.3 is 0 Å². The number of likely N-dealkylation sites (N-methyl/N-ethyl adjacent to an activating group) is 1. The highest BCUT2D eigenvalue weighted by atomic mass is 32.1. The van der Waals surface area contributed by atoms with Crippen LogP contribution in [0.2, 0.25) is 0 Å². The highest BCUT2D eigenvalue weighted by molar-refractivity contribution is 7.11. The number of rotatable bonds is 5. The molecule has 0 saturated heterocycles. The Labute approximate surface area is 116 Å². The summed E-state index contributed by atoms with van der Waals surface area (Å²) in [6.45, 7) is 2.63. The molecule has 4 nitrogen and oxygen atoms in total. The molecule has 0 aliphatic heterocycles. The molecule has 1 amide bonds. The average Bonchev–Trinajstić information content (AvgIpc) is 2.75. The summed E-state index contributed by atoms with van der Waals surface area (Å²) in [7, 11) is 1.90. The molecule has 0 aliphatic carbocycles. The minimum absolute atomic E-state index is 0.338. The third-order valence-corrected chi connectivity index (χ3v) is 3.80. The molecule has 1 aromatic heterocycles. The Bertz CT molecular complexity index is 553. The average molecular weight is 275 g/mol. The number of nitrogens with zero attached hydrogens (tertiary/aromatic N) is 2. The largest absolute Gasteiger partial charge is 0.368 e. The predicted molar refractivity (Wildman–Crippen MR) is 76.7 cm³/mol. The van der Waals surface area contributed by atoms with Crippen molar-refractivity contribution in [3.63, 3.8) is 0 Å². The third-order valence-electron chi connectivity index (χ3n) is 2.90. The van der Waals surface area contributed by atoms with Gasteiger partial charge in [-0.1, -0.05) is 30.3 Å². The van der Waals surface area contributed by atoms with Crippen molar-refractivity contribution in [1.29, 1.82) is 0 Å². The molecule has 0 bridgehead atoms. The smallest absolute Gasteiger partial charge is 0.239 e. The summed E-state index contributed by atoms with van der Waals surface area (Å²) in [6.07, 6.45) is 1.85. The van der Waals surface area contributed by atoms with E-state index in [1.54, 1.807) is 11.3 Å². The van der Waals surface area contributed by atoms with Crippen LogP contribution in [0.1, 0.15) is 21.5 Å². The monoisotopic (exact) mass is 275 g/mol. The van der Waals surface area contributed by atoms with Crippen LogP contribution in [-0.4, -0.2) is 22.8 Å². The number of hydrogen-bond acceptors (Lipinski definition) is 4. The van der Waals surface area contributed by atoms with E-state index in [-0.39, 0.29) is 5.91 Å². The lowest BCUT2D eigenvalue weighted by Gasteiger charge is -2.25. The molecule has 0 aliphatic rings. The number of aryl methyl sites for hydroxylation is 1. The second-order valence-corrected chi connectivity index (χ2v) is 5.80. The van der Waals surface area contributed by atoms with Crippen molar-refractivity contribution >= 4 is 17.2 Å². The molecule has 0 radical (unpaired) electrons. The number of nitrogens with two attached hydrogens (primary N) is 1. The van der Waals surface area contributed by atoms with E-state index >= 15 is 0 Å². The van der Waals surface area contributed by atoms with Crippen molar-refractivity contribution in [2.75, 3.05) is 7.05 Å². The van der Waals surface area contributed by atoms with Gasteiger partial charge in [0.25, 0.3) is 0 Å². The van der Waals surface area contributed by atoms with Gasteiger partial charge in [0, 0.05) is 17.6 Å². The second kappa shape index (κ2) is 5.95. The zero-order chi connectivity index (χ0) is 13.8. The number of carbonyl (C=O) groups excluding carboxylic acids is 1. The van der Waals surface area contributed by atoms with E-state index in [0.29, 0.717) is 6.54 Å². The lowest BCUT2D eigenvalue weighted by molar-refractivity contribution is -0.123. The summed E-state index contributed by atoms with van der Waals surface area (Å²) in [5.41, 5.74) is 6.45. The summed E-state index contributed by atoms with van der Waals surface area (Å²) >= 11 is 1.64. The van der Waals surface area contributed by atoms with Gasteiger partial charge in [-0.15, -0.1) is 11.3 Å². The summed E-state index contributed by atoms with van der Waals surface area (Å²) < 4.78 is 0. The zero-order valence-corrected chi connectivity index (χ0v) is 11.9. The topological polar surface area (TPSA) is 59.2 Å². The molecular weight excluding hydrogens is 258 g/mol. The van der Waals surface area contributed by atoms with E-state index in [4.69, 9.17) is 5.73 Å². The molecule has 19 heavy (non-hydrogen) atoms. The molecule has 1 heterocycles. The second-order valence-electron chi connectivity index (χ2n) is 4.48. The Hall–Kier alpha value is -1.72. The molecular formula is C14H17N3OS. The van der Waals surface area contributed by atoms with Crippen molar-refractivity contribution in [3.05, 3.63) is 52.0 Å². The van der Waals surface area contributed by atoms with Crippen LogP contribution in [0, 0.1) is 6.92 Å². The first-order valence-corrected chi connectivity index (χ1v) is 6.85. The van der Waals surface area contributed by atoms with E-state index in [2.05, 4.69) is 4.98 Å². The van der Waals surface area contributed by atoms with Crippen molar-refractivity contribution < 1.29 is 4.79 Å². The first kappa shape index (κ1) is 13.7. The minimum Gasteiger partial charge on any atom is -0.368 e. The van der Waals surface area contributed by atoms with Crippen LogP contribution >= 0.6 is 11.3 Å². The van der Waals surface area contributed by atoms with E-state index in [1.165, 1.54) is 0 Å². The van der Waals surface area contributed by atoms with Gasteiger partial charge < -0.3 is 5.73 Å². The highest BCUT2D eigenvalue weighted by Gasteiger charge is 2.23. The van der Waals surface area contributed by atoms with Crippen molar-refractivity contribution in [3.8, 4) is 0 Å². The van der Waals surface area contributed by atoms with Crippen LogP contribution in [0.3, 0.4) is 0 Å². The number of benzene rings is 1. The molecule has 5 heteroatoms. The minimum atomic E-state index is -0.413. The molecule has 0 spiro atoms. The number of aromatic nitrogens is 1. The zero-order valence-electron chi connectivity index (χ0n) is 11.0. The fourth-order valence-corrected chi connectivity index (χ4v) is 2.95.